The van der Waals surface area contributed by atoms with Crippen molar-refractivity contribution in [1.29, 1.82) is 0 Å². The van der Waals surface area contributed by atoms with Crippen LogP contribution in [0.4, 0.5) is 23.3 Å². The molecule has 2 aromatic heterocycles. The Morgan fingerprint density at radius 1 is 0.565 bits per heavy atom. The molecule has 0 aromatic carbocycles. The second-order valence-electron chi connectivity index (χ2n) is 5.08. The Kier molecular flexibility index (Phi) is 5.40. The van der Waals surface area contributed by atoms with Gasteiger partial charge in [0.25, 0.3) is 0 Å². The molecule has 23 heavy (non-hydrogen) atoms. The molecular weight excluding hydrogens is 477 g/mol. The first-order chi connectivity index (χ1) is 10.6. The van der Waals surface area contributed by atoms with E-state index in [1.54, 1.807) is 24.8 Å². The average molecular weight is 495 g/mol. The molecule has 4 heterocycles. The fourth-order valence-electron chi connectivity index (χ4n) is 2.38. The molecule has 0 unspecified atom stereocenters. The minimum atomic E-state index is 0. The Morgan fingerprint density at radius 3 is 1.00 bits per heavy atom. The smallest absolute Gasteiger partial charge is 0.141 e. The van der Waals surface area contributed by atoms with Crippen LogP contribution in [0, 0.1) is 13.3 Å². The van der Waals surface area contributed by atoms with Crippen LogP contribution in [-0.2, 0) is 22.4 Å². The number of hydrogen-bond acceptors (Lipinski definition) is 8. The van der Waals surface area contributed by atoms with Crippen LogP contribution in [0.25, 0.3) is 0 Å². The predicted octanol–water partition coefficient (Wildman–Crippen LogP) is 0.961. The number of aromatic nitrogens is 4. The zero-order chi connectivity index (χ0) is 15.7. The molecule has 0 aliphatic carbocycles. The fourth-order valence-corrected chi connectivity index (χ4v) is 2.38. The third kappa shape index (κ3) is 3.39. The van der Waals surface area contributed by atoms with E-state index in [1.165, 1.54) is 0 Å². The number of nitrogens with zero attached hydrogens (tertiary/aromatic N) is 8. The van der Waals surface area contributed by atoms with Crippen LogP contribution in [0.15, 0.2) is 24.8 Å². The monoisotopic (exact) mass is 495 g/mol. The van der Waals surface area contributed by atoms with Crippen molar-refractivity contribution in [2.75, 3.05) is 47.8 Å². The number of rotatable bonds is 0. The molecule has 2 aromatic rings. The van der Waals surface area contributed by atoms with Crippen LogP contribution >= 0.6 is 0 Å². The second-order valence-corrected chi connectivity index (χ2v) is 5.08. The van der Waals surface area contributed by atoms with Crippen LogP contribution in [-0.4, -0.2) is 48.1 Å². The standard InChI is InChI=1S/2C7H9N4.Au/c2*1-10-5-11(2)7-6(10)8-3-4-9-7;/h2*3-5H,1-2H3;/q2*-1;. The van der Waals surface area contributed by atoms with E-state index >= 15 is 0 Å². The first-order valence-corrected chi connectivity index (χ1v) is 6.81. The Morgan fingerprint density at radius 2 is 0.783 bits per heavy atom. The van der Waals surface area contributed by atoms with E-state index in [-0.39, 0.29) is 22.4 Å². The van der Waals surface area contributed by atoms with Gasteiger partial charge < -0.3 is 19.6 Å². The van der Waals surface area contributed by atoms with Crippen LogP contribution in [0.2, 0.25) is 0 Å². The van der Waals surface area contributed by atoms with E-state index in [0.717, 1.165) is 23.3 Å². The molecule has 0 spiro atoms. The van der Waals surface area contributed by atoms with Gasteiger partial charge in [-0.2, -0.15) is 13.3 Å². The van der Waals surface area contributed by atoms with Crippen molar-refractivity contribution in [3.05, 3.63) is 38.1 Å². The third-order valence-corrected chi connectivity index (χ3v) is 3.35. The van der Waals surface area contributed by atoms with Gasteiger partial charge >= 0.3 is 0 Å². The van der Waals surface area contributed by atoms with Gasteiger partial charge in [0.15, 0.2) is 0 Å². The van der Waals surface area contributed by atoms with E-state index in [9.17, 15) is 0 Å². The van der Waals surface area contributed by atoms with Crippen molar-refractivity contribution in [2.45, 2.75) is 0 Å². The van der Waals surface area contributed by atoms with Crippen LogP contribution in [0.1, 0.15) is 0 Å². The summed E-state index contributed by atoms with van der Waals surface area (Å²) in [6.07, 6.45) is 6.79. The van der Waals surface area contributed by atoms with Crippen molar-refractivity contribution in [3.8, 4) is 0 Å². The molecule has 1 radical (unpaired) electrons. The van der Waals surface area contributed by atoms with Gasteiger partial charge in [-0.1, -0.05) is 0 Å². The normalized spacial score (nSPS) is 14.8. The maximum atomic E-state index is 4.18. The summed E-state index contributed by atoms with van der Waals surface area (Å²) in [6.45, 7) is 3.90. The molecule has 0 atom stereocenters. The Bertz CT molecular complexity index is 555. The molecule has 0 bridgehead atoms. The van der Waals surface area contributed by atoms with Crippen molar-refractivity contribution < 1.29 is 22.4 Å². The second kappa shape index (κ2) is 7.12. The van der Waals surface area contributed by atoms with Crippen LogP contribution in [0.3, 0.4) is 0 Å². The van der Waals surface area contributed by atoms with Gasteiger partial charge in [0.2, 0.25) is 0 Å². The fraction of sp³-hybridized carbons (Fsp3) is 0.286. The van der Waals surface area contributed by atoms with Crippen LogP contribution < -0.4 is 19.6 Å². The molecule has 2 aliphatic rings. The minimum Gasteiger partial charge on any atom is -0.487 e. The van der Waals surface area contributed by atoms with E-state index in [0.29, 0.717) is 0 Å². The van der Waals surface area contributed by atoms with Gasteiger partial charge in [0.05, 0.1) is 0 Å². The minimum absolute atomic E-state index is 0. The van der Waals surface area contributed by atoms with E-state index in [4.69, 9.17) is 0 Å². The summed E-state index contributed by atoms with van der Waals surface area (Å²) in [5, 5.41) is 0. The topological polar surface area (TPSA) is 64.5 Å². The molecule has 9 heteroatoms. The summed E-state index contributed by atoms with van der Waals surface area (Å²) in [6, 6.07) is 0. The summed E-state index contributed by atoms with van der Waals surface area (Å²) in [5.41, 5.74) is 0. The van der Waals surface area contributed by atoms with E-state index in [2.05, 4.69) is 19.9 Å². The van der Waals surface area contributed by atoms with Gasteiger partial charge in [0, 0.05) is 47.2 Å². The SMILES string of the molecule is CN1[CH-]N(C)c2nccnc21.CN1[CH-]N(C)c2nccnc21.[Au]. The summed E-state index contributed by atoms with van der Waals surface area (Å²) < 4.78 is 0. The molecule has 0 amide bonds. The molecule has 0 N–H and O–H groups in total. The average Bonchev–Trinajstić information content (AvgIpc) is 2.99. The van der Waals surface area contributed by atoms with Crippen molar-refractivity contribution in [2.24, 2.45) is 0 Å². The Hall–Kier alpha value is -1.90. The molecule has 0 saturated heterocycles. The van der Waals surface area contributed by atoms with Crippen molar-refractivity contribution in [3.63, 3.8) is 0 Å². The van der Waals surface area contributed by atoms with Gasteiger partial charge in [-0.3, -0.25) is 0 Å². The quantitative estimate of drug-likeness (QED) is 0.396. The molecule has 2 aliphatic heterocycles. The molecule has 127 valence electrons. The Balaban J connectivity index is 0.000000160. The summed E-state index contributed by atoms with van der Waals surface area (Å²) in [5.74, 6) is 3.65. The Labute approximate surface area is 151 Å². The number of hydrogen-bond donors (Lipinski definition) is 0. The zero-order valence-corrected chi connectivity index (χ0v) is 15.5. The van der Waals surface area contributed by atoms with Crippen molar-refractivity contribution >= 4 is 23.3 Å². The van der Waals surface area contributed by atoms with Gasteiger partial charge in [-0.25, -0.2) is 19.9 Å². The van der Waals surface area contributed by atoms with Crippen molar-refractivity contribution in [1.82, 2.24) is 19.9 Å². The van der Waals surface area contributed by atoms with E-state index in [1.807, 2.05) is 61.1 Å². The summed E-state index contributed by atoms with van der Waals surface area (Å²) in [4.78, 5) is 24.5. The number of anilines is 4. The first kappa shape index (κ1) is 17.5. The molecule has 0 saturated carbocycles. The van der Waals surface area contributed by atoms with Gasteiger partial charge in [0.1, 0.15) is 23.3 Å². The zero-order valence-electron chi connectivity index (χ0n) is 13.3. The van der Waals surface area contributed by atoms with Crippen LogP contribution in [0.5, 0.6) is 0 Å². The molecule has 4 rings (SSSR count). The molecule has 8 nitrogen and oxygen atoms in total. The first-order valence-electron chi connectivity index (χ1n) is 6.81. The van der Waals surface area contributed by atoms with Gasteiger partial charge in [-0.15, -0.1) is 0 Å². The summed E-state index contributed by atoms with van der Waals surface area (Å²) >= 11 is 0. The number of fused-ring (bicyclic) bond motifs is 2. The molecule has 0 fully saturated rings. The maximum absolute atomic E-state index is 4.18. The molecular formula is C14H18AuN8-2. The largest absolute Gasteiger partial charge is 0.487 e. The van der Waals surface area contributed by atoms with Gasteiger partial charge in [-0.05, 0) is 28.2 Å². The summed E-state index contributed by atoms with van der Waals surface area (Å²) in [7, 11) is 7.82. The maximum Gasteiger partial charge on any atom is 0.141 e. The van der Waals surface area contributed by atoms with E-state index < -0.39 is 0 Å². The predicted molar refractivity (Wildman–Crippen MR) is 86.3 cm³/mol. The third-order valence-electron chi connectivity index (χ3n) is 3.35.